The molecule has 0 aromatic heterocycles. The molecule has 0 unspecified atom stereocenters. The first kappa shape index (κ1) is 14.5. The van der Waals surface area contributed by atoms with Crippen LogP contribution in [0.5, 0.6) is 0 Å². The van der Waals surface area contributed by atoms with Gasteiger partial charge in [0.05, 0.1) is 0 Å². The maximum Gasteiger partial charge on any atom is 0.323 e. The van der Waals surface area contributed by atoms with Crippen LogP contribution < -0.4 is 5.32 Å². The summed E-state index contributed by atoms with van der Waals surface area (Å²) >= 11 is 0. The van der Waals surface area contributed by atoms with Crippen LogP contribution in [0, 0.1) is 0 Å². The third-order valence-corrected chi connectivity index (χ3v) is 3.45. The molecule has 108 valence electrons. The number of aliphatic carboxylic acids is 1. The van der Waals surface area contributed by atoms with E-state index >= 15 is 0 Å². The van der Waals surface area contributed by atoms with Crippen LogP contribution in [0.3, 0.4) is 0 Å². The van der Waals surface area contributed by atoms with Crippen molar-refractivity contribution in [3.8, 4) is 0 Å². The summed E-state index contributed by atoms with van der Waals surface area (Å²) in [5, 5.41) is 12.2. The standard InChI is InChI=1S/C15H20N2O3/c1-2-7-17(10-14(18)19)15(20)12-4-3-11-5-6-16-9-13(11)8-12/h3-4,8,16H,2,5-7,9-10H2,1H3,(H,18,19). The Balaban J connectivity index is 2.20. The molecule has 0 saturated carbocycles. The van der Waals surface area contributed by atoms with Gasteiger partial charge in [-0.15, -0.1) is 0 Å². The molecule has 0 radical (unpaired) electrons. The van der Waals surface area contributed by atoms with Crippen molar-refractivity contribution in [1.82, 2.24) is 10.2 Å². The van der Waals surface area contributed by atoms with E-state index in [1.165, 1.54) is 10.5 Å². The number of hydrogen-bond acceptors (Lipinski definition) is 3. The van der Waals surface area contributed by atoms with Crippen LogP contribution in [0.15, 0.2) is 18.2 Å². The summed E-state index contributed by atoms with van der Waals surface area (Å²) in [6.07, 6.45) is 1.71. The molecule has 0 atom stereocenters. The SMILES string of the molecule is CCCN(CC(=O)O)C(=O)c1ccc2c(c1)CNCC2. The summed E-state index contributed by atoms with van der Waals surface area (Å²) in [5.74, 6) is -1.19. The van der Waals surface area contributed by atoms with Gasteiger partial charge in [-0.05, 0) is 42.6 Å². The second kappa shape index (κ2) is 6.52. The maximum absolute atomic E-state index is 12.4. The van der Waals surface area contributed by atoms with Crippen LogP contribution in [0.4, 0.5) is 0 Å². The number of nitrogens with one attached hydrogen (secondary N) is 1. The second-order valence-electron chi connectivity index (χ2n) is 5.03. The van der Waals surface area contributed by atoms with Crippen molar-refractivity contribution in [3.05, 3.63) is 34.9 Å². The monoisotopic (exact) mass is 276 g/mol. The number of amides is 1. The van der Waals surface area contributed by atoms with Gasteiger partial charge >= 0.3 is 5.97 Å². The van der Waals surface area contributed by atoms with E-state index in [1.54, 1.807) is 6.07 Å². The van der Waals surface area contributed by atoms with Gasteiger partial charge in [0, 0.05) is 18.7 Å². The molecule has 1 aliphatic rings. The molecule has 5 heteroatoms. The van der Waals surface area contributed by atoms with Crippen molar-refractivity contribution in [2.24, 2.45) is 0 Å². The Morgan fingerprint density at radius 2 is 2.15 bits per heavy atom. The molecule has 0 fully saturated rings. The Hall–Kier alpha value is -1.88. The predicted molar refractivity (Wildman–Crippen MR) is 75.7 cm³/mol. The lowest BCUT2D eigenvalue weighted by molar-refractivity contribution is -0.137. The molecule has 0 aliphatic carbocycles. The van der Waals surface area contributed by atoms with Gasteiger partial charge in [0.25, 0.3) is 5.91 Å². The van der Waals surface area contributed by atoms with Crippen LogP contribution in [0.1, 0.15) is 34.8 Å². The van der Waals surface area contributed by atoms with Gasteiger partial charge in [-0.3, -0.25) is 9.59 Å². The lowest BCUT2D eigenvalue weighted by atomic mass is 9.98. The van der Waals surface area contributed by atoms with Crippen LogP contribution >= 0.6 is 0 Å². The van der Waals surface area contributed by atoms with E-state index in [9.17, 15) is 9.59 Å². The van der Waals surface area contributed by atoms with Crippen LogP contribution in [-0.2, 0) is 17.8 Å². The fourth-order valence-electron chi connectivity index (χ4n) is 2.48. The number of rotatable bonds is 5. The highest BCUT2D eigenvalue weighted by atomic mass is 16.4. The number of carboxylic acids is 1. The highest BCUT2D eigenvalue weighted by Gasteiger charge is 2.19. The molecule has 1 aliphatic heterocycles. The summed E-state index contributed by atoms with van der Waals surface area (Å²) in [7, 11) is 0. The number of carbonyl (C=O) groups excluding carboxylic acids is 1. The van der Waals surface area contributed by atoms with Crippen LogP contribution in [0.25, 0.3) is 0 Å². The molecule has 2 N–H and O–H groups in total. The molecule has 1 heterocycles. The largest absolute Gasteiger partial charge is 0.480 e. The van der Waals surface area contributed by atoms with Crippen molar-refractivity contribution in [3.63, 3.8) is 0 Å². The third-order valence-electron chi connectivity index (χ3n) is 3.45. The lowest BCUT2D eigenvalue weighted by Gasteiger charge is -2.22. The highest BCUT2D eigenvalue weighted by Crippen LogP contribution is 2.17. The number of hydrogen-bond donors (Lipinski definition) is 2. The summed E-state index contributed by atoms with van der Waals surface area (Å²) in [5.41, 5.74) is 2.97. The summed E-state index contributed by atoms with van der Waals surface area (Å²) in [6.45, 7) is 3.87. The first-order valence-electron chi connectivity index (χ1n) is 6.95. The van der Waals surface area contributed by atoms with Crippen molar-refractivity contribution < 1.29 is 14.7 Å². The first-order chi connectivity index (χ1) is 9.61. The van der Waals surface area contributed by atoms with Gasteiger partial charge < -0.3 is 15.3 Å². The van der Waals surface area contributed by atoms with E-state index in [0.717, 1.165) is 31.5 Å². The minimum atomic E-state index is -0.980. The number of benzene rings is 1. The average Bonchev–Trinajstić information content (AvgIpc) is 2.45. The lowest BCUT2D eigenvalue weighted by Crippen LogP contribution is -2.36. The smallest absolute Gasteiger partial charge is 0.323 e. The van der Waals surface area contributed by atoms with Crippen LogP contribution in [-0.4, -0.2) is 41.5 Å². The van der Waals surface area contributed by atoms with Gasteiger partial charge in [-0.2, -0.15) is 0 Å². The normalized spacial score (nSPS) is 13.7. The Morgan fingerprint density at radius 3 is 2.85 bits per heavy atom. The van der Waals surface area contributed by atoms with Crippen molar-refractivity contribution in [2.45, 2.75) is 26.3 Å². The number of nitrogens with zero attached hydrogens (tertiary/aromatic N) is 1. The molecule has 0 saturated heterocycles. The molecule has 1 aromatic carbocycles. The van der Waals surface area contributed by atoms with E-state index in [-0.39, 0.29) is 12.5 Å². The molecule has 0 bridgehead atoms. The Labute approximate surface area is 118 Å². The van der Waals surface area contributed by atoms with Gasteiger partial charge in [0.15, 0.2) is 0 Å². The van der Waals surface area contributed by atoms with Gasteiger partial charge in [-0.25, -0.2) is 0 Å². The molecule has 5 nitrogen and oxygen atoms in total. The molecule has 1 amide bonds. The van der Waals surface area contributed by atoms with E-state index in [1.807, 2.05) is 19.1 Å². The molecule has 1 aromatic rings. The third kappa shape index (κ3) is 3.36. The molecule has 2 rings (SSSR count). The molecular formula is C15H20N2O3. The van der Waals surface area contributed by atoms with E-state index in [4.69, 9.17) is 5.11 Å². The fraction of sp³-hybridized carbons (Fsp3) is 0.467. The Morgan fingerprint density at radius 1 is 1.35 bits per heavy atom. The topological polar surface area (TPSA) is 69.6 Å². The Bertz CT molecular complexity index is 514. The number of carboxylic acid groups (broad SMARTS) is 1. The number of fused-ring (bicyclic) bond motifs is 1. The molecular weight excluding hydrogens is 256 g/mol. The second-order valence-corrected chi connectivity index (χ2v) is 5.03. The molecule has 0 spiro atoms. The summed E-state index contributed by atoms with van der Waals surface area (Å²) in [4.78, 5) is 24.6. The van der Waals surface area contributed by atoms with Crippen molar-refractivity contribution >= 4 is 11.9 Å². The van der Waals surface area contributed by atoms with Crippen molar-refractivity contribution in [1.29, 1.82) is 0 Å². The zero-order valence-corrected chi connectivity index (χ0v) is 11.7. The quantitative estimate of drug-likeness (QED) is 0.849. The summed E-state index contributed by atoms with van der Waals surface area (Å²) in [6, 6.07) is 5.67. The highest BCUT2D eigenvalue weighted by molar-refractivity contribution is 5.96. The van der Waals surface area contributed by atoms with E-state index in [0.29, 0.717) is 12.1 Å². The predicted octanol–water partition coefficient (Wildman–Crippen LogP) is 1.27. The minimum Gasteiger partial charge on any atom is -0.480 e. The zero-order valence-electron chi connectivity index (χ0n) is 11.7. The summed E-state index contributed by atoms with van der Waals surface area (Å²) < 4.78 is 0. The zero-order chi connectivity index (χ0) is 14.5. The van der Waals surface area contributed by atoms with Gasteiger partial charge in [0.1, 0.15) is 6.54 Å². The minimum absolute atomic E-state index is 0.206. The van der Waals surface area contributed by atoms with E-state index < -0.39 is 5.97 Å². The maximum atomic E-state index is 12.4. The number of carbonyl (C=O) groups is 2. The van der Waals surface area contributed by atoms with Gasteiger partial charge in [-0.1, -0.05) is 13.0 Å². The Kier molecular flexibility index (Phi) is 4.74. The first-order valence-corrected chi connectivity index (χ1v) is 6.95. The van der Waals surface area contributed by atoms with E-state index in [2.05, 4.69) is 5.32 Å². The average molecular weight is 276 g/mol. The van der Waals surface area contributed by atoms with Gasteiger partial charge in [0.2, 0.25) is 0 Å². The molecule has 20 heavy (non-hydrogen) atoms. The van der Waals surface area contributed by atoms with Crippen LogP contribution in [0.2, 0.25) is 0 Å². The fourth-order valence-corrected chi connectivity index (χ4v) is 2.48. The van der Waals surface area contributed by atoms with Crippen molar-refractivity contribution in [2.75, 3.05) is 19.6 Å².